The average Bonchev–Trinajstić information content (AvgIpc) is 2.19. The molecule has 0 N–H and O–H groups in total. The Morgan fingerprint density at radius 2 is 0.938 bits per heavy atom. The van der Waals surface area contributed by atoms with Crippen molar-refractivity contribution in [2.45, 2.75) is 80.1 Å². The second-order valence-corrected chi connectivity index (χ2v) is 6.11. The summed E-state index contributed by atoms with van der Waals surface area (Å²) in [6, 6.07) is 0. The summed E-state index contributed by atoms with van der Waals surface area (Å²) in [6.07, 6.45) is 8.45. The predicted molar refractivity (Wildman–Crippen MR) is 75.7 cm³/mol. The number of hydrogen-bond donors (Lipinski definition) is 0. The molecule has 0 radical (unpaired) electrons. The number of rotatable bonds is 3. The molecule has 0 unspecified atom stereocenters. The Balaban J connectivity index is 0.000000293. The molecule has 0 aromatic heterocycles. The van der Waals surface area contributed by atoms with E-state index in [4.69, 9.17) is 0 Å². The molecule has 1 aliphatic carbocycles. The summed E-state index contributed by atoms with van der Waals surface area (Å²) in [4.78, 5) is 0. The van der Waals surface area contributed by atoms with Crippen LogP contribution in [0.25, 0.3) is 0 Å². The molecule has 0 atom stereocenters. The van der Waals surface area contributed by atoms with Gasteiger partial charge in [-0.2, -0.15) is 0 Å². The molecule has 1 aliphatic rings. The van der Waals surface area contributed by atoms with Gasteiger partial charge in [-0.05, 0) is 42.9 Å². The molecule has 1 saturated carbocycles. The highest BCUT2D eigenvalue weighted by atomic mass is 14.3. The lowest BCUT2D eigenvalue weighted by Gasteiger charge is -2.28. The Labute approximate surface area is 104 Å². The summed E-state index contributed by atoms with van der Waals surface area (Å²) in [7, 11) is 0. The molecule has 0 heterocycles. The SMILES string of the molecule is CC1CC(C)CC(C)C1.CCC(CC)CC. The fraction of sp³-hybridized carbons (Fsp3) is 1.00. The standard InChI is InChI=1S/C9H18.C7H16/c1-7-4-8(2)6-9(3)5-7;1-4-7(5-2)6-3/h7-9H,4-6H2,1-3H3;7H,4-6H2,1-3H3. The first kappa shape index (κ1) is 16.0. The van der Waals surface area contributed by atoms with Crippen LogP contribution in [-0.4, -0.2) is 0 Å². The van der Waals surface area contributed by atoms with E-state index in [9.17, 15) is 0 Å². The highest BCUT2D eigenvalue weighted by Crippen LogP contribution is 2.31. The van der Waals surface area contributed by atoms with E-state index in [0.717, 1.165) is 23.7 Å². The first-order valence-electron chi connectivity index (χ1n) is 7.53. The maximum absolute atomic E-state index is 2.38. The second kappa shape index (κ2) is 9.07. The third-order valence-electron chi connectivity index (χ3n) is 4.15. The van der Waals surface area contributed by atoms with Gasteiger partial charge in [-0.3, -0.25) is 0 Å². The molecule has 0 saturated heterocycles. The van der Waals surface area contributed by atoms with Gasteiger partial charge in [0.2, 0.25) is 0 Å². The van der Waals surface area contributed by atoms with E-state index in [-0.39, 0.29) is 0 Å². The Hall–Kier alpha value is 0. The van der Waals surface area contributed by atoms with E-state index in [1.165, 1.54) is 38.5 Å². The molecule has 16 heavy (non-hydrogen) atoms. The lowest BCUT2D eigenvalue weighted by atomic mass is 9.78. The quantitative estimate of drug-likeness (QED) is 0.561. The van der Waals surface area contributed by atoms with Gasteiger partial charge >= 0.3 is 0 Å². The van der Waals surface area contributed by atoms with Crippen LogP contribution in [0.15, 0.2) is 0 Å². The molecule has 1 rings (SSSR count). The molecule has 0 heteroatoms. The van der Waals surface area contributed by atoms with Gasteiger partial charge in [0.05, 0.1) is 0 Å². The van der Waals surface area contributed by atoms with Crippen LogP contribution in [0.4, 0.5) is 0 Å². The van der Waals surface area contributed by atoms with E-state index in [1.807, 2.05) is 0 Å². The van der Waals surface area contributed by atoms with Crippen LogP contribution in [0.1, 0.15) is 80.1 Å². The van der Waals surface area contributed by atoms with Crippen molar-refractivity contribution in [3.05, 3.63) is 0 Å². The van der Waals surface area contributed by atoms with Gasteiger partial charge in [-0.15, -0.1) is 0 Å². The van der Waals surface area contributed by atoms with Crippen molar-refractivity contribution >= 4 is 0 Å². The molecular formula is C16H34. The van der Waals surface area contributed by atoms with Gasteiger partial charge < -0.3 is 0 Å². The van der Waals surface area contributed by atoms with Gasteiger partial charge in [0.25, 0.3) is 0 Å². The molecule has 0 nitrogen and oxygen atoms in total. The van der Waals surface area contributed by atoms with Crippen LogP contribution < -0.4 is 0 Å². The van der Waals surface area contributed by atoms with Crippen LogP contribution in [0.2, 0.25) is 0 Å². The molecular weight excluding hydrogens is 192 g/mol. The van der Waals surface area contributed by atoms with Gasteiger partial charge in [0.15, 0.2) is 0 Å². The van der Waals surface area contributed by atoms with Crippen LogP contribution >= 0.6 is 0 Å². The van der Waals surface area contributed by atoms with Crippen LogP contribution in [0, 0.1) is 23.7 Å². The van der Waals surface area contributed by atoms with Crippen LogP contribution in [0.3, 0.4) is 0 Å². The van der Waals surface area contributed by atoms with Crippen molar-refractivity contribution in [2.75, 3.05) is 0 Å². The molecule has 0 amide bonds. The first-order chi connectivity index (χ1) is 7.53. The van der Waals surface area contributed by atoms with Gasteiger partial charge in [0, 0.05) is 0 Å². The van der Waals surface area contributed by atoms with Gasteiger partial charge in [-0.25, -0.2) is 0 Å². The zero-order valence-electron chi connectivity index (χ0n) is 12.6. The van der Waals surface area contributed by atoms with E-state index < -0.39 is 0 Å². The van der Waals surface area contributed by atoms with E-state index in [0.29, 0.717) is 0 Å². The van der Waals surface area contributed by atoms with Crippen molar-refractivity contribution in [1.82, 2.24) is 0 Å². The third kappa shape index (κ3) is 7.30. The summed E-state index contributed by atoms with van der Waals surface area (Å²) in [5, 5.41) is 0. The molecule has 0 bridgehead atoms. The predicted octanol–water partition coefficient (Wildman–Crippen LogP) is 5.91. The first-order valence-corrected chi connectivity index (χ1v) is 7.53. The Morgan fingerprint density at radius 3 is 1.06 bits per heavy atom. The summed E-state index contributed by atoms with van der Waals surface area (Å²) in [5.41, 5.74) is 0. The van der Waals surface area contributed by atoms with Crippen molar-refractivity contribution in [1.29, 1.82) is 0 Å². The molecule has 0 spiro atoms. The molecule has 98 valence electrons. The minimum Gasteiger partial charge on any atom is -0.0651 e. The summed E-state index contributed by atoms with van der Waals surface area (Å²) < 4.78 is 0. The third-order valence-corrected chi connectivity index (χ3v) is 4.15. The lowest BCUT2D eigenvalue weighted by molar-refractivity contribution is 0.233. The zero-order chi connectivity index (χ0) is 12.6. The highest BCUT2D eigenvalue weighted by Gasteiger charge is 2.19. The monoisotopic (exact) mass is 226 g/mol. The summed E-state index contributed by atoms with van der Waals surface area (Å²) >= 11 is 0. The zero-order valence-corrected chi connectivity index (χ0v) is 12.6. The normalized spacial score (nSPS) is 29.8. The second-order valence-electron chi connectivity index (χ2n) is 6.11. The smallest absolute Gasteiger partial charge is 0.0422 e. The molecule has 0 aromatic rings. The fourth-order valence-corrected chi connectivity index (χ4v) is 3.22. The van der Waals surface area contributed by atoms with E-state index in [2.05, 4.69) is 41.5 Å². The molecule has 0 aromatic carbocycles. The van der Waals surface area contributed by atoms with Crippen molar-refractivity contribution in [2.24, 2.45) is 23.7 Å². The van der Waals surface area contributed by atoms with Crippen LogP contribution in [0.5, 0.6) is 0 Å². The van der Waals surface area contributed by atoms with Crippen molar-refractivity contribution < 1.29 is 0 Å². The van der Waals surface area contributed by atoms with Gasteiger partial charge in [-0.1, -0.05) is 60.8 Å². The van der Waals surface area contributed by atoms with Gasteiger partial charge in [0.1, 0.15) is 0 Å². The van der Waals surface area contributed by atoms with Crippen molar-refractivity contribution in [3.8, 4) is 0 Å². The van der Waals surface area contributed by atoms with E-state index in [1.54, 1.807) is 0 Å². The maximum atomic E-state index is 2.38. The van der Waals surface area contributed by atoms with E-state index >= 15 is 0 Å². The highest BCUT2D eigenvalue weighted by molar-refractivity contribution is 4.71. The molecule has 0 aliphatic heterocycles. The summed E-state index contributed by atoms with van der Waals surface area (Å²) in [5.74, 6) is 3.95. The fourth-order valence-electron chi connectivity index (χ4n) is 3.22. The maximum Gasteiger partial charge on any atom is -0.0422 e. The largest absolute Gasteiger partial charge is 0.0651 e. The number of hydrogen-bond acceptors (Lipinski definition) is 0. The minimum atomic E-state index is 0.986. The Morgan fingerprint density at radius 1 is 0.688 bits per heavy atom. The average molecular weight is 226 g/mol. The van der Waals surface area contributed by atoms with Crippen LogP contribution in [-0.2, 0) is 0 Å². The lowest BCUT2D eigenvalue weighted by Crippen LogP contribution is -2.16. The topological polar surface area (TPSA) is 0 Å². The molecule has 1 fully saturated rings. The van der Waals surface area contributed by atoms with Crippen molar-refractivity contribution in [3.63, 3.8) is 0 Å². The Kier molecular flexibility index (Phi) is 9.07. The minimum absolute atomic E-state index is 0.986. The summed E-state index contributed by atoms with van der Waals surface area (Å²) in [6.45, 7) is 13.9. The Bertz CT molecular complexity index is 116.